The molecule has 0 unspecified atom stereocenters. The molecule has 0 aliphatic carbocycles. The molecule has 0 heterocycles. The summed E-state index contributed by atoms with van der Waals surface area (Å²) in [5.74, 6) is -6.66. The van der Waals surface area contributed by atoms with Crippen LogP contribution in [0.3, 0.4) is 0 Å². The Morgan fingerprint density at radius 2 is 0.670 bits per heavy atom. The fourth-order valence-corrected chi connectivity index (χ4v) is 12.6. The van der Waals surface area contributed by atoms with Gasteiger partial charge in [0.25, 0.3) is 40.1 Å². The van der Waals surface area contributed by atoms with Crippen LogP contribution in [0.4, 0.5) is 22.7 Å². The molecule has 0 atom stereocenters. The molecule has 468 valence electrons. The van der Waals surface area contributed by atoms with E-state index in [2.05, 4.69) is 50.1 Å². The molecule has 4 rings (SSSR count). The fraction of sp³-hybridized carbons (Fsp3) is 0.357. The van der Waals surface area contributed by atoms with E-state index in [4.69, 9.17) is 24.4 Å². The molecule has 4 amide bonds. The van der Waals surface area contributed by atoms with Gasteiger partial charge < -0.3 is 42.1 Å². The second kappa shape index (κ2) is 35.1. The predicted molar refractivity (Wildman–Crippen MR) is 340 cm³/mol. The summed E-state index contributed by atoms with van der Waals surface area (Å²) < 4.78 is 117. The third kappa shape index (κ3) is 25.7. The maximum absolute atomic E-state index is 13.3. The Morgan fingerprint density at radius 3 is 0.909 bits per heavy atom. The maximum Gasteiger partial charge on any atom is 1.00 e. The number of anilines is 4. The van der Waals surface area contributed by atoms with Crippen LogP contribution in [0, 0.1) is 23.7 Å². The van der Waals surface area contributed by atoms with E-state index >= 15 is 0 Å². The minimum Gasteiger partial charge on any atom is -0.861 e. The van der Waals surface area contributed by atoms with Crippen LogP contribution in [0.25, 0.3) is 24.3 Å². The SMILES string of the molecule is CC(=O)Nc1ccc(/C=C/c2ccc(NC(=S)NC(C)C)cc2S(=O)(=O)NC(=O)C(C)C)c(S(=O)(=O)N=C([O-])C(C)C)c1.CC(=O)Nc1ccc(/C=C/c2ccc(NC(=S)NC(C)C)cc2S(=O)(=O)NC(=O)C(C)C)c(S(=O)(=O)N=C([O-])C(C)C)c1.[Na+].[Na+]. The Kier molecular flexibility index (Phi) is 32.1. The first-order valence-corrected chi connectivity index (χ1v) is 33.1. The summed E-state index contributed by atoms with van der Waals surface area (Å²) in [6, 6.07) is 16.6. The zero-order valence-corrected chi connectivity index (χ0v) is 60.7. The zero-order chi connectivity index (χ0) is 65.4. The van der Waals surface area contributed by atoms with Crippen molar-refractivity contribution in [1.82, 2.24) is 20.1 Å². The normalized spacial score (nSPS) is 12.3. The van der Waals surface area contributed by atoms with Gasteiger partial charge in [-0.05, 0) is 147 Å². The first-order chi connectivity index (χ1) is 39.6. The number of nitrogens with one attached hydrogen (secondary N) is 8. The smallest absolute Gasteiger partial charge is 0.861 e. The Morgan fingerprint density at radius 1 is 0.420 bits per heavy atom. The van der Waals surface area contributed by atoms with Crippen molar-refractivity contribution in [2.75, 3.05) is 21.3 Å². The minimum absolute atomic E-state index is 0. The Bertz CT molecular complexity index is 3590. The first kappa shape index (κ1) is 80.4. The van der Waals surface area contributed by atoms with Crippen molar-refractivity contribution >= 4 is 157 Å². The van der Waals surface area contributed by atoms with Crippen LogP contribution in [-0.2, 0) is 59.3 Å². The van der Waals surface area contributed by atoms with Crippen molar-refractivity contribution in [1.29, 1.82) is 0 Å². The largest absolute Gasteiger partial charge is 1.00 e. The zero-order valence-electron chi connectivity index (χ0n) is 51.8. The molecule has 4 aromatic carbocycles. The molecule has 0 aromatic heterocycles. The van der Waals surface area contributed by atoms with E-state index in [1.54, 1.807) is 39.8 Å². The molecule has 0 bridgehead atoms. The standard InChI is InChI=1S/2C28H37N5O7S3.2Na/c2*1-16(2)26(35)32-42(37,38)24-14-22(30-19(7)34)12-10-20(24)8-9-21-11-13-23(31-28(41)29-18(5)6)15-25(21)43(39,40)33-27(36)17(3)4;;/h2*8-18H,1-7H3,(H,30,34)(H,32,35)(H,33,36)(H2,29,31,41);;/q;;2*+1/p-2/b2*9-8+;;. The third-order valence-electron chi connectivity index (χ3n) is 11.0. The molecule has 8 N–H and O–H groups in total. The molecule has 0 saturated heterocycles. The fourth-order valence-electron chi connectivity index (χ4n) is 6.69. The molecular weight excluding hydrogens is 1280 g/mol. The van der Waals surface area contributed by atoms with E-state index in [0.717, 1.165) is 12.1 Å². The molecule has 88 heavy (non-hydrogen) atoms. The summed E-state index contributed by atoms with van der Waals surface area (Å²) in [4.78, 5) is 46.5. The van der Waals surface area contributed by atoms with Gasteiger partial charge in [0.1, 0.15) is 0 Å². The molecule has 24 nitrogen and oxygen atoms in total. The molecule has 4 aromatic rings. The van der Waals surface area contributed by atoms with Crippen LogP contribution in [0.5, 0.6) is 0 Å². The number of carbonyl (C=O) groups excluding carboxylic acids is 4. The molecule has 0 aliphatic rings. The number of hydrogen-bond acceptors (Lipinski definition) is 16. The van der Waals surface area contributed by atoms with E-state index < -0.39 is 99.2 Å². The van der Waals surface area contributed by atoms with Crippen LogP contribution in [0.2, 0.25) is 0 Å². The van der Waals surface area contributed by atoms with Gasteiger partial charge in [-0.3, -0.25) is 19.2 Å². The summed E-state index contributed by atoms with van der Waals surface area (Å²) in [7, 11) is -17.8. The number of nitrogens with zero attached hydrogens (tertiary/aromatic N) is 2. The van der Waals surface area contributed by atoms with E-state index in [1.807, 2.05) is 27.7 Å². The van der Waals surface area contributed by atoms with Gasteiger partial charge in [0.2, 0.25) is 23.6 Å². The monoisotopic (exact) mass is 1350 g/mol. The van der Waals surface area contributed by atoms with E-state index in [-0.39, 0.29) is 135 Å². The van der Waals surface area contributed by atoms with Crippen LogP contribution in [-0.4, -0.2) is 91.4 Å². The molecule has 32 heteroatoms. The van der Waals surface area contributed by atoms with Gasteiger partial charge in [-0.2, -0.15) is 25.6 Å². The van der Waals surface area contributed by atoms with Crippen LogP contribution in [0.1, 0.15) is 119 Å². The topological polar surface area (TPSA) is 372 Å². The second-order valence-electron chi connectivity index (χ2n) is 20.9. The average Bonchev–Trinajstić information content (AvgIpc) is 1.21. The van der Waals surface area contributed by atoms with Gasteiger partial charge in [-0.1, -0.05) is 104 Å². The number of rotatable bonds is 22. The van der Waals surface area contributed by atoms with Gasteiger partial charge in [0, 0.05) is 60.5 Å². The summed E-state index contributed by atoms with van der Waals surface area (Å²) in [6.45, 7) is 22.2. The molecular formula is C56H72N10Na2O14S6. The van der Waals surface area contributed by atoms with Crippen molar-refractivity contribution in [3.8, 4) is 0 Å². The molecule has 0 radical (unpaired) electrons. The van der Waals surface area contributed by atoms with E-state index in [0.29, 0.717) is 11.4 Å². The van der Waals surface area contributed by atoms with Gasteiger partial charge in [0.15, 0.2) is 10.2 Å². The second-order valence-corrected chi connectivity index (χ2v) is 28.2. The quantitative estimate of drug-likeness (QED) is 0.0171. The van der Waals surface area contributed by atoms with Crippen LogP contribution < -0.4 is 111 Å². The van der Waals surface area contributed by atoms with E-state index in [9.17, 15) is 63.1 Å². The number of amides is 4. The van der Waals surface area contributed by atoms with E-state index in [1.165, 1.54) is 114 Å². The first-order valence-electron chi connectivity index (χ1n) is 26.4. The predicted octanol–water partition coefficient (Wildman–Crippen LogP) is 0.157. The van der Waals surface area contributed by atoms with Crippen molar-refractivity contribution in [2.45, 2.75) is 129 Å². The number of benzene rings is 4. The molecule has 0 fully saturated rings. The van der Waals surface area contributed by atoms with Crippen molar-refractivity contribution in [2.24, 2.45) is 32.5 Å². The third-order valence-corrected chi connectivity index (χ3v) is 16.9. The average molecular weight is 1350 g/mol. The number of sulfonamides is 4. The van der Waals surface area contributed by atoms with Crippen LogP contribution in [0.15, 0.2) is 101 Å². The van der Waals surface area contributed by atoms with Gasteiger partial charge in [0.05, 0.1) is 19.6 Å². The molecule has 0 aliphatic heterocycles. The van der Waals surface area contributed by atoms with Crippen molar-refractivity contribution < 1.29 is 122 Å². The summed E-state index contributed by atoms with van der Waals surface area (Å²) in [6.07, 6.45) is 5.35. The number of hydrogen-bond donors (Lipinski definition) is 8. The molecule has 0 spiro atoms. The Hall–Kier alpha value is -5.64. The van der Waals surface area contributed by atoms with Crippen molar-refractivity contribution in [3.63, 3.8) is 0 Å². The maximum atomic E-state index is 13.3. The molecule has 0 saturated carbocycles. The van der Waals surface area contributed by atoms with Gasteiger partial charge in [-0.15, -0.1) is 0 Å². The van der Waals surface area contributed by atoms with Crippen LogP contribution >= 0.6 is 24.4 Å². The van der Waals surface area contributed by atoms with Gasteiger partial charge in [-0.25, -0.2) is 26.3 Å². The summed E-state index contributed by atoms with van der Waals surface area (Å²) in [5, 5.41) is 41.6. The Balaban J connectivity index is 0.000000860. The number of carbonyl (C=O) groups is 4. The summed E-state index contributed by atoms with van der Waals surface area (Å²) in [5.41, 5.74) is 1.29. The van der Waals surface area contributed by atoms with Gasteiger partial charge >= 0.3 is 59.1 Å². The van der Waals surface area contributed by atoms with Crippen molar-refractivity contribution in [3.05, 3.63) is 95.1 Å². The minimum atomic E-state index is -4.53. The summed E-state index contributed by atoms with van der Waals surface area (Å²) >= 11 is 10.5. The Labute approximate surface area is 571 Å². The number of thiocarbonyl (C=S) groups is 2.